The van der Waals surface area contributed by atoms with E-state index in [1.165, 1.54) is 16.7 Å². The molecule has 0 fully saturated rings. The normalized spacial score (nSPS) is 10.9. The average molecular weight is 283 g/mol. The molecule has 2 aromatic rings. The SMILES string of the molecule is CCNCc1ccccc1Oc1cc(C)ccc1C(C)C. The molecular formula is C19H25NO. The van der Waals surface area contributed by atoms with Crippen molar-refractivity contribution in [2.75, 3.05) is 6.54 Å². The van der Waals surface area contributed by atoms with Crippen LogP contribution in [0.5, 0.6) is 11.5 Å². The topological polar surface area (TPSA) is 21.3 Å². The molecule has 2 aromatic carbocycles. The van der Waals surface area contributed by atoms with Crippen molar-refractivity contribution in [3.05, 3.63) is 59.2 Å². The Kier molecular flexibility index (Phi) is 5.40. The van der Waals surface area contributed by atoms with Gasteiger partial charge < -0.3 is 10.1 Å². The van der Waals surface area contributed by atoms with Crippen LogP contribution in [0.25, 0.3) is 0 Å². The molecule has 2 nitrogen and oxygen atoms in total. The zero-order valence-electron chi connectivity index (χ0n) is 13.4. The van der Waals surface area contributed by atoms with E-state index in [4.69, 9.17) is 4.74 Å². The van der Waals surface area contributed by atoms with Crippen LogP contribution in [0.1, 0.15) is 43.4 Å². The maximum Gasteiger partial charge on any atom is 0.131 e. The zero-order valence-corrected chi connectivity index (χ0v) is 13.4. The third-order valence-corrected chi connectivity index (χ3v) is 3.55. The van der Waals surface area contributed by atoms with Crippen molar-refractivity contribution in [1.82, 2.24) is 5.32 Å². The number of aryl methyl sites for hydroxylation is 1. The molecule has 112 valence electrons. The smallest absolute Gasteiger partial charge is 0.131 e. The lowest BCUT2D eigenvalue weighted by atomic mass is 10.0. The second-order valence-electron chi connectivity index (χ2n) is 5.69. The highest BCUT2D eigenvalue weighted by Gasteiger charge is 2.11. The van der Waals surface area contributed by atoms with Gasteiger partial charge in [-0.2, -0.15) is 0 Å². The Hall–Kier alpha value is -1.80. The van der Waals surface area contributed by atoms with Crippen LogP contribution in [-0.4, -0.2) is 6.54 Å². The van der Waals surface area contributed by atoms with Gasteiger partial charge in [-0.15, -0.1) is 0 Å². The Balaban J connectivity index is 2.31. The number of hydrogen-bond donors (Lipinski definition) is 1. The minimum Gasteiger partial charge on any atom is -0.457 e. The molecule has 0 saturated carbocycles. The van der Waals surface area contributed by atoms with Gasteiger partial charge in [0.2, 0.25) is 0 Å². The molecule has 0 unspecified atom stereocenters. The summed E-state index contributed by atoms with van der Waals surface area (Å²) in [6, 6.07) is 14.7. The fourth-order valence-corrected chi connectivity index (χ4v) is 2.33. The van der Waals surface area contributed by atoms with Gasteiger partial charge in [0, 0.05) is 12.1 Å². The van der Waals surface area contributed by atoms with E-state index in [-0.39, 0.29) is 0 Å². The van der Waals surface area contributed by atoms with E-state index < -0.39 is 0 Å². The van der Waals surface area contributed by atoms with Crippen molar-refractivity contribution in [2.24, 2.45) is 0 Å². The van der Waals surface area contributed by atoms with E-state index in [0.717, 1.165) is 24.6 Å². The van der Waals surface area contributed by atoms with Gasteiger partial charge in [-0.1, -0.05) is 51.1 Å². The number of nitrogens with one attached hydrogen (secondary N) is 1. The van der Waals surface area contributed by atoms with Crippen LogP contribution in [0.3, 0.4) is 0 Å². The molecule has 0 aromatic heterocycles. The minimum atomic E-state index is 0.446. The molecular weight excluding hydrogens is 258 g/mol. The van der Waals surface area contributed by atoms with Crippen LogP contribution in [-0.2, 0) is 6.54 Å². The third-order valence-electron chi connectivity index (χ3n) is 3.55. The van der Waals surface area contributed by atoms with Crippen molar-refractivity contribution in [2.45, 2.75) is 40.2 Å². The highest BCUT2D eigenvalue weighted by Crippen LogP contribution is 2.32. The summed E-state index contributed by atoms with van der Waals surface area (Å²) in [5.41, 5.74) is 3.66. The second kappa shape index (κ2) is 7.28. The maximum atomic E-state index is 6.24. The summed E-state index contributed by atoms with van der Waals surface area (Å²) in [4.78, 5) is 0. The number of ether oxygens (including phenoxy) is 1. The number of benzene rings is 2. The molecule has 0 saturated heterocycles. The van der Waals surface area contributed by atoms with Crippen molar-refractivity contribution in [1.29, 1.82) is 0 Å². The summed E-state index contributed by atoms with van der Waals surface area (Å²) in [5, 5.41) is 3.36. The molecule has 2 rings (SSSR count). The summed E-state index contributed by atoms with van der Waals surface area (Å²) >= 11 is 0. The molecule has 0 heterocycles. The van der Waals surface area contributed by atoms with E-state index in [2.05, 4.69) is 63.3 Å². The van der Waals surface area contributed by atoms with Crippen molar-refractivity contribution in [3.63, 3.8) is 0 Å². The molecule has 21 heavy (non-hydrogen) atoms. The summed E-state index contributed by atoms with van der Waals surface area (Å²) < 4.78 is 6.24. The Bertz CT molecular complexity index is 590. The predicted octanol–water partition coefficient (Wildman–Crippen LogP) is 5.02. The second-order valence-corrected chi connectivity index (χ2v) is 5.69. The van der Waals surface area contributed by atoms with Crippen LogP contribution in [0, 0.1) is 6.92 Å². The lowest BCUT2D eigenvalue weighted by Crippen LogP contribution is -2.12. The summed E-state index contributed by atoms with van der Waals surface area (Å²) in [6.45, 7) is 10.4. The van der Waals surface area contributed by atoms with Crippen LogP contribution in [0.2, 0.25) is 0 Å². The molecule has 0 aliphatic heterocycles. The van der Waals surface area contributed by atoms with Gasteiger partial charge in [-0.25, -0.2) is 0 Å². The van der Waals surface area contributed by atoms with Gasteiger partial charge in [-0.3, -0.25) is 0 Å². The molecule has 0 aliphatic carbocycles. The summed E-state index contributed by atoms with van der Waals surface area (Å²) in [7, 11) is 0. The van der Waals surface area contributed by atoms with E-state index in [1.54, 1.807) is 0 Å². The number of hydrogen-bond acceptors (Lipinski definition) is 2. The Morgan fingerprint density at radius 1 is 1.05 bits per heavy atom. The van der Waals surface area contributed by atoms with E-state index >= 15 is 0 Å². The molecule has 0 aliphatic rings. The van der Waals surface area contributed by atoms with Crippen LogP contribution in [0.15, 0.2) is 42.5 Å². The molecule has 0 amide bonds. The van der Waals surface area contributed by atoms with Crippen LogP contribution >= 0.6 is 0 Å². The lowest BCUT2D eigenvalue weighted by Gasteiger charge is -2.17. The maximum absolute atomic E-state index is 6.24. The first-order chi connectivity index (χ1) is 10.1. The first kappa shape index (κ1) is 15.6. The third kappa shape index (κ3) is 4.08. The lowest BCUT2D eigenvalue weighted by molar-refractivity contribution is 0.464. The molecule has 2 heteroatoms. The van der Waals surface area contributed by atoms with E-state index in [1.807, 2.05) is 12.1 Å². The highest BCUT2D eigenvalue weighted by atomic mass is 16.5. The minimum absolute atomic E-state index is 0.446. The molecule has 1 N–H and O–H groups in total. The molecule has 0 atom stereocenters. The van der Waals surface area contributed by atoms with Gasteiger partial charge in [0.05, 0.1) is 0 Å². The Morgan fingerprint density at radius 2 is 1.81 bits per heavy atom. The first-order valence-electron chi connectivity index (χ1n) is 7.68. The number of para-hydroxylation sites is 1. The van der Waals surface area contributed by atoms with Crippen molar-refractivity contribution >= 4 is 0 Å². The van der Waals surface area contributed by atoms with Crippen molar-refractivity contribution < 1.29 is 4.74 Å². The van der Waals surface area contributed by atoms with Crippen molar-refractivity contribution in [3.8, 4) is 11.5 Å². The highest BCUT2D eigenvalue weighted by molar-refractivity contribution is 5.44. The molecule has 0 radical (unpaired) electrons. The Labute approximate surface area is 128 Å². The Morgan fingerprint density at radius 3 is 2.52 bits per heavy atom. The average Bonchev–Trinajstić information content (AvgIpc) is 2.46. The summed E-state index contributed by atoms with van der Waals surface area (Å²) in [6.07, 6.45) is 0. The monoisotopic (exact) mass is 283 g/mol. The predicted molar refractivity (Wildman–Crippen MR) is 89.2 cm³/mol. The zero-order chi connectivity index (χ0) is 15.2. The van der Waals surface area contributed by atoms with Gasteiger partial charge >= 0.3 is 0 Å². The first-order valence-corrected chi connectivity index (χ1v) is 7.68. The van der Waals surface area contributed by atoms with E-state index in [0.29, 0.717) is 5.92 Å². The van der Waals surface area contributed by atoms with Gasteiger partial charge in [0.25, 0.3) is 0 Å². The van der Waals surface area contributed by atoms with Crippen LogP contribution in [0.4, 0.5) is 0 Å². The van der Waals surface area contributed by atoms with Crippen LogP contribution < -0.4 is 10.1 Å². The fraction of sp³-hybridized carbons (Fsp3) is 0.368. The summed E-state index contributed by atoms with van der Waals surface area (Å²) in [5.74, 6) is 2.35. The van der Waals surface area contributed by atoms with Gasteiger partial charge in [0.1, 0.15) is 11.5 Å². The number of rotatable bonds is 6. The van der Waals surface area contributed by atoms with Gasteiger partial charge in [0.15, 0.2) is 0 Å². The standard InChI is InChI=1S/C19H25NO/c1-5-20-13-16-8-6-7-9-18(16)21-19-12-15(4)10-11-17(19)14(2)3/h6-12,14,20H,5,13H2,1-4H3. The fourth-order valence-electron chi connectivity index (χ4n) is 2.33. The quantitative estimate of drug-likeness (QED) is 0.803. The van der Waals surface area contributed by atoms with Gasteiger partial charge in [-0.05, 0) is 42.6 Å². The molecule has 0 spiro atoms. The van der Waals surface area contributed by atoms with E-state index in [9.17, 15) is 0 Å². The largest absolute Gasteiger partial charge is 0.457 e. The molecule has 0 bridgehead atoms.